The Bertz CT molecular complexity index is 1540. The first-order valence-electron chi connectivity index (χ1n) is 12.1. The molecule has 1 heterocycles. The number of carboxylic acid groups (broad SMARTS) is 3. The Balaban J connectivity index is 0.000000860. The zero-order chi connectivity index (χ0) is 33.2. The highest BCUT2D eigenvalue weighted by molar-refractivity contribution is 7.87. The van der Waals surface area contributed by atoms with Gasteiger partial charge in [-0.3, -0.25) is 9.59 Å². The molecular weight excluding hydrogens is 623 g/mol. The summed E-state index contributed by atoms with van der Waals surface area (Å²) in [5.41, 5.74) is 12.6. The van der Waals surface area contributed by atoms with Gasteiger partial charge in [0.05, 0.1) is 24.3 Å². The molecule has 1 aliphatic rings. The highest BCUT2D eigenvalue weighted by Crippen LogP contribution is 2.31. The molecule has 0 aliphatic carbocycles. The number of aliphatic imine (C=N–C) groups is 1. The van der Waals surface area contributed by atoms with E-state index in [1.807, 2.05) is 0 Å². The fraction of sp³-hybridized carbons (Fsp3) is 0.292. The van der Waals surface area contributed by atoms with Crippen LogP contribution in [0.5, 0.6) is 11.5 Å². The number of fused-ring (bicyclic) bond motifs is 2. The monoisotopic (exact) mass is 649 g/mol. The first-order chi connectivity index (χ1) is 20.4. The van der Waals surface area contributed by atoms with Crippen LogP contribution >= 0.6 is 0 Å². The number of guanidine groups is 1. The zero-order valence-electron chi connectivity index (χ0n) is 22.3. The number of rotatable bonds is 9. The number of esters is 1. The number of aliphatic carboxylic acids is 3. The number of hydrogen-bond donors (Lipinski definition) is 7. The van der Waals surface area contributed by atoms with Crippen LogP contribution in [-0.2, 0) is 37.6 Å². The minimum Gasteiger partial charge on any atom is -0.490 e. The lowest BCUT2D eigenvalue weighted by atomic mass is 10.0. The first-order valence-corrected chi connectivity index (χ1v) is 13.6. The second kappa shape index (κ2) is 15.0. The van der Waals surface area contributed by atoms with Crippen LogP contribution in [0.2, 0.25) is 0 Å². The van der Waals surface area contributed by atoms with Crippen molar-refractivity contribution < 1.29 is 65.6 Å². The van der Waals surface area contributed by atoms with Crippen molar-refractivity contribution in [3.8, 4) is 11.5 Å². The number of carbonyl (C=O) groups is 4. The van der Waals surface area contributed by atoms with Crippen molar-refractivity contribution in [1.82, 2.24) is 9.44 Å². The number of ether oxygens (including phenoxy) is 2. The minimum absolute atomic E-state index is 0.0464. The van der Waals surface area contributed by atoms with Gasteiger partial charge in [0.15, 0.2) is 17.5 Å². The highest BCUT2D eigenvalue weighted by Gasteiger charge is 2.38. The van der Waals surface area contributed by atoms with Crippen molar-refractivity contribution in [3.05, 3.63) is 53.1 Å². The Morgan fingerprint density at radius 1 is 1.05 bits per heavy atom. The number of alkyl halides is 3. The SMILES string of the molecule is NC(N)=Nc1ccc2c(c1)CCCOc1ccc(CNS(=O)(=O)NC(CC(=O)O)C(=O)O)cc1OC2=O.O=C(O)C(F)(F)F. The fourth-order valence-electron chi connectivity index (χ4n) is 3.43. The molecule has 1 unspecified atom stereocenters. The maximum absolute atomic E-state index is 12.9. The molecule has 2 aromatic carbocycles. The van der Waals surface area contributed by atoms with Crippen LogP contribution in [0.4, 0.5) is 18.9 Å². The van der Waals surface area contributed by atoms with Gasteiger partial charge in [0.1, 0.15) is 6.04 Å². The summed E-state index contributed by atoms with van der Waals surface area (Å²) in [6, 6.07) is 7.36. The topological polar surface area (TPSA) is 270 Å². The normalized spacial score (nSPS) is 13.8. The summed E-state index contributed by atoms with van der Waals surface area (Å²) in [7, 11) is -4.39. The molecule has 1 aliphatic heterocycles. The predicted octanol–water partition coefficient (Wildman–Crippen LogP) is 0.621. The predicted molar refractivity (Wildman–Crippen MR) is 143 cm³/mol. The molecule has 0 radical (unpaired) electrons. The summed E-state index contributed by atoms with van der Waals surface area (Å²) in [5.74, 6) is -6.37. The Labute approximate surface area is 246 Å². The van der Waals surface area contributed by atoms with Gasteiger partial charge in [-0.05, 0) is 54.3 Å². The Morgan fingerprint density at radius 2 is 1.70 bits per heavy atom. The van der Waals surface area contributed by atoms with Crippen molar-refractivity contribution in [2.24, 2.45) is 16.5 Å². The van der Waals surface area contributed by atoms with Crippen molar-refractivity contribution in [1.29, 1.82) is 0 Å². The van der Waals surface area contributed by atoms with E-state index < -0.39 is 52.7 Å². The van der Waals surface area contributed by atoms with Crippen LogP contribution in [0.15, 0.2) is 41.4 Å². The number of aryl methyl sites for hydroxylation is 1. The van der Waals surface area contributed by atoms with E-state index in [-0.39, 0.29) is 24.0 Å². The lowest BCUT2D eigenvalue weighted by Gasteiger charge is -2.17. The van der Waals surface area contributed by atoms with E-state index in [0.717, 1.165) is 0 Å². The molecule has 44 heavy (non-hydrogen) atoms. The number of nitrogens with two attached hydrogens (primary N) is 2. The maximum Gasteiger partial charge on any atom is 0.490 e. The second-order valence-corrected chi connectivity index (χ2v) is 10.3. The third-order valence-electron chi connectivity index (χ3n) is 5.31. The Kier molecular flexibility index (Phi) is 12.0. The van der Waals surface area contributed by atoms with Gasteiger partial charge in [0, 0.05) is 6.54 Å². The molecule has 0 amide bonds. The summed E-state index contributed by atoms with van der Waals surface area (Å²) < 4.78 is 71.4. The van der Waals surface area contributed by atoms with Crippen LogP contribution < -0.4 is 30.4 Å². The number of benzene rings is 2. The molecule has 1 atom stereocenters. The molecule has 9 N–H and O–H groups in total. The summed E-state index contributed by atoms with van der Waals surface area (Å²) in [6.45, 7) is -0.0232. The van der Waals surface area contributed by atoms with E-state index in [2.05, 4.69) is 9.71 Å². The van der Waals surface area contributed by atoms with E-state index >= 15 is 0 Å². The van der Waals surface area contributed by atoms with Gasteiger partial charge >= 0.3 is 30.1 Å². The minimum atomic E-state index is -5.08. The molecule has 0 saturated carbocycles. The van der Waals surface area contributed by atoms with E-state index in [9.17, 15) is 36.0 Å². The van der Waals surface area contributed by atoms with Gasteiger partial charge in [-0.1, -0.05) is 6.07 Å². The number of nitrogens with zero attached hydrogens (tertiary/aromatic N) is 1. The van der Waals surface area contributed by atoms with Crippen LogP contribution in [0, 0.1) is 0 Å². The van der Waals surface area contributed by atoms with Gasteiger partial charge in [-0.2, -0.15) is 31.0 Å². The number of nitrogens with one attached hydrogen (secondary N) is 2. The van der Waals surface area contributed by atoms with Gasteiger partial charge in [0.2, 0.25) is 0 Å². The molecule has 0 fully saturated rings. The van der Waals surface area contributed by atoms with Gasteiger partial charge < -0.3 is 36.3 Å². The average molecular weight is 650 g/mol. The van der Waals surface area contributed by atoms with Gasteiger partial charge in [-0.25, -0.2) is 14.6 Å². The van der Waals surface area contributed by atoms with Gasteiger partial charge in [0.25, 0.3) is 10.2 Å². The first kappa shape index (κ1) is 35.2. The summed E-state index contributed by atoms with van der Waals surface area (Å²) in [6.07, 6.45) is -4.96. The second-order valence-electron chi connectivity index (χ2n) is 8.73. The Morgan fingerprint density at radius 3 is 2.27 bits per heavy atom. The fourth-order valence-corrected chi connectivity index (χ4v) is 4.43. The summed E-state index contributed by atoms with van der Waals surface area (Å²) >= 11 is 0. The molecule has 16 nitrogen and oxygen atoms in total. The third-order valence-corrected chi connectivity index (χ3v) is 6.43. The molecule has 240 valence electrons. The average Bonchev–Trinajstić information content (AvgIpc) is 2.89. The van der Waals surface area contributed by atoms with Crippen molar-refractivity contribution in [2.45, 2.75) is 38.0 Å². The molecule has 0 aromatic heterocycles. The molecule has 20 heteroatoms. The van der Waals surface area contributed by atoms with E-state index in [1.165, 1.54) is 18.2 Å². The summed E-state index contributed by atoms with van der Waals surface area (Å²) in [4.78, 5) is 47.7. The molecule has 0 bridgehead atoms. The molecule has 3 rings (SSSR count). The van der Waals surface area contributed by atoms with Crippen LogP contribution in [0.1, 0.15) is 34.3 Å². The molecule has 2 aromatic rings. The molecular formula is C24H26F3N5O11S. The van der Waals surface area contributed by atoms with E-state index in [4.69, 9.17) is 41.1 Å². The zero-order valence-corrected chi connectivity index (χ0v) is 23.1. The van der Waals surface area contributed by atoms with E-state index in [0.29, 0.717) is 41.8 Å². The number of hydrogen-bond acceptors (Lipinski definition) is 9. The van der Waals surface area contributed by atoms with E-state index in [1.54, 1.807) is 22.9 Å². The Hall–Kier alpha value is -4.95. The molecule has 0 spiro atoms. The quantitative estimate of drug-likeness (QED) is 0.0851. The molecule has 0 saturated heterocycles. The van der Waals surface area contributed by atoms with Gasteiger partial charge in [-0.15, -0.1) is 0 Å². The van der Waals surface area contributed by atoms with Crippen molar-refractivity contribution >= 4 is 45.7 Å². The largest absolute Gasteiger partial charge is 0.490 e. The van der Waals surface area contributed by atoms with Crippen LogP contribution in [0.3, 0.4) is 0 Å². The number of halogens is 3. The van der Waals surface area contributed by atoms with Crippen molar-refractivity contribution in [3.63, 3.8) is 0 Å². The third kappa shape index (κ3) is 11.4. The lowest BCUT2D eigenvalue weighted by Crippen LogP contribution is -2.47. The summed E-state index contributed by atoms with van der Waals surface area (Å²) in [5, 5.41) is 24.9. The number of carboxylic acids is 3. The van der Waals surface area contributed by atoms with Crippen LogP contribution in [0.25, 0.3) is 0 Å². The highest BCUT2D eigenvalue weighted by atomic mass is 32.2. The maximum atomic E-state index is 12.9. The van der Waals surface area contributed by atoms with Crippen LogP contribution in [-0.4, -0.2) is 72.4 Å². The standard InChI is InChI=1S/C22H25N5O9S.C2HF3O2/c23-22(24)26-14-4-5-15-13(9-14)2-1-7-35-17-6-3-12(8-18(17)36-21(15)32)11-25-37(33,34)27-16(20(30)31)10-19(28)29;3-2(4,5)1(6)7/h3-6,8-9,16,25,27H,1-2,7,10-11H2,(H,28,29)(H,30,31)(H4,23,24,26);(H,6,7). The van der Waals surface area contributed by atoms with Crippen molar-refractivity contribution in [2.75, 3.05) is 6.61 Å². The number of carbonyl (C=O) groups excluding carboxylic acids is 1. The lowest BCUT2D eigenvalue weighted by molar-refractivity contribution is -0.192. The smallest absolute Gasteiger partial charge is 0.490 e.